The van der Waals surface area contributed by atoms with Gasteiger partial charge in [0.2, 0.25) is 11.8 Å². The zero-order valence-electron chi connectivity index (χ0n) is 18.3. The highest BCUT2D eigenvalue weighted by Gasteiger charge is 2.31. The van der Waals surface area contributed by atoms with Crippen molar-refractivity contribution in [3.05, 3.63) is 66.1 Å². The molecule has 0 aliphatic heterocycles. The van der Waals surface area contributed by atoms with E-state index in [-0.39, 0.29) is 30.0 Å². The lowest BCUT2D eigenvalue weighted by Gasteiger charge is -2.08. The van der Waals surface area contributed by atoms with Crippen molar-refractivity contribution in [2.24, 2.45) is 0 Å². The first-order valence-corrected chi connectivity index (χ1v) is 11.7. The van der Waals surface area contributed by atoms with Crippen LogP contribution in [0.1, 0.15) is 30.6 Å². The van der Waals surface area contributed by atoms with Crippen molar-refractivity contribution >= 4 is 23.4 Å². The second-order valence-electron chi connectivity index (χ2n) is 7.71. The Morgan fingerprint density at radius 3 is 2.79 bits per heavy atom. The minimum absolute atomic E-state index is 0.0398. The highest BCUT2D eigenvalue weighted by atomic mass is 32.2. The summed E-state index contributed by atoms with van der Waals surface area (Å²) in [7, 11) is 1.54. The van der Waals surface area contributed by atoms with Gasteiger partial charge >= 0.3 is 0 Å². The minimum atomic E-state index is -0.332. The number of halogens is 1. The van der Waals surface area contributed by atoms with E-state index >= 15 is 0 Å². The smallest absolute Gasteiger partial charge is 0.237 e. The van der Waals surface area contributed by atoms with Crippen LogP contribution in [0.25, 0.3) is 11.4 Å². The van der Waals surface area contributed by atoms with Crippen molar-refractivity contribution in [2.45, 2.75) is 36.2 Å². The van der Waals surface area contributed by atoms with Crippen LogP contribution in [0.3, 0.4) is 0 Å². The van der Waals surface area contributed by atoms with Gasteiger partial charge in [0.25, 0.3) is 0 Å². The Morgan fingerprint density at radius 2 is 2.00 bits per heavy atom. The van der Waals surface area contributed by atoms with Crippen molar-refractivity contribution in [1.29, 1.82) is 0 Å². The van der Waals surface area contributed by atoms with Crippen LogP contribution in [0.5, 0.6) is 5.75 Å². The fraction of sp³-hybridized carbons (Fsp3) is 0.261. The molecule has 0 atom stereocenters. The number of amides is 1. The minimum Gasteiger partial charge on any atom is -0.495 e. The summed E-state index contributed by atoms with van der Waals surface area (Å²) >= 11 is 1.38. The Hall–Kier alpha value is -3.73. The van der Waals surface area contributed by atoms with Gasteiger partial charge in [0.15, 0.2) is 16.8 Å². The average molecular weight is 481 g/mol. The topological polar surface area (TPSA) is 108 Å². The van der Waals surface area contributed by atoms with Crippen LogP contribution < -0.4 is 10.1 Å². The van der Waals surface area contributed by atoms with Crippen molar-refractivity contribution in [1.82, 2.24) is 24.9 Å². The van der Waals surface area contributed by atoms with E-state index < -0.39 is 0 Å². The molecule has 0 bridgehead atoms. The Balaban J connectivity index is 1.24. The SMILES string of the molecule is COc1ccccc1NC(=O)Cc1noc(CSc2nnc(-c3ccccc3F)n2C2CC2)n1. The Labute approximate surface area is 198 Å². The average Bonchev–Trinajstić information content (AvgIpc) is 3.44. The zero-order chi connectivity index (χ0) is 23.5. The van der Waals surface area contributed by atoms with Gasteiger partial charge in [-0.2, -0.15) is 4.98 Å². The number of carbonyl (C=O) groups excluding carboxylic acids is 1. The predicted molar refractivity (Wildman–Crippen MR) is 123 cm³/mol. The van der Waals surface area contributed by atoms with Gasteiger partial charge < -0.3 is 14.6 Å². The van der Waals surface area contributed by atoms with Gasteiger partial charge in [-0.05, 0) is 37.1 Å². The first-order valence-electron chi connectivity index (χ1n) is 10.7. The van der Waals surface area contributed by atoms with Crippen LogP contribution in [0.2, 0.25) is 0 Å². The number of carbonyl (C=O) groups is 1. The lowest BCUT2D eigenvalue weighted by Crippen LogP contribution is -2.15. The first-order chi connectivity index (χ1) is 16.6. The van der Waals surface area contributed by atoms with Crippen molar-refractivity contribution < 1.29 is 18.4 Å². The lowest BCUT2D eigenvalue weighted by molar-refractivity contribution is -0.115. The number of benzene rings is 2. The normalized spacial score (nSPS) is 13.1. The van der Waals surface area contributed by atoms with Gasteiger partial charge in [0.1, 0.15) is 11.6 Å². The molecule has 2 heterocycles. The monoisotopic (exact) mass is 480 g/mol. The van der Waals surface area contributed by atoms with Gasteiger partial charge in [0.05, 0.1) is 30.5 Å². The molecular formula is C23H21FN6O3S. The summed E-state index contributed by atoms with van der Waals surface area (Å²) in [6.45, 7) is 0. The number of para-hydroxylation sites is 2. The number of nitrogens with one attached hydrogen (secondary N) is 1. The largest absolute Gasteiger partial charge is 0.495 e. The second kappa shape index (κ2) is 9.64. The summed E-state index contributed by atoms with van der Waals surface area (Å²) in [4.78, 5) is 16.7. The van der Waals surface area contributed by atoms with Crippen molar-refractivity contribution in [3.8, 4) is 17.1 Å². The molecule has 1 amide bonds. The van der Waals surface area contributed by atoms with Crippen LogP contribution in [0.4, 0.5) is 10.1 Å². The molecule has 1 fully saturated rings. The molecule has 0 unspecified atom stereocenters. The number of ether oxygens (including phenoxy) is 1. The zero-order valence-corrected chi connectivity index (χ0v) is 19.1. The molecule has 1 aliphatic carbocycles. The number of methoxy groups -OCH3 is 1. The van der Waals surface area contributed by atoms with Crippen LogP contribution in [0, 0.1) is 5.82 Å². The van der Waals surface area contributed by atoms with E-state index in [1.807, 2.05) is 10.6 Å². The molecule has 34 heavy (non-hydrogen) atoms. The predicted octanol–water partition coefficient (Wildman–Crippen LogP) is 4.28. The highest BCUT2D eigenvalue weighted by Crippen LogP contribution is 2.41. The Morgan fingerprint density at radius 1 is 1.21 bits per heavy atom. The molecule has 2 aromatic heterocycles. The van der Waals surface area contributed by atoms with Gasteiger partial charge in [-0.1, -0.05) is 41.2 Å². The molecule has 0 saturated heterocycles. The van der Waals surface area contributed by atoms with Gasteiger partial charge in [-0.15, -0.1) is 10.2 Å². The molecule has 1 N–H and O–H groups in total. The summed E-state index contributed by atoms with van der Waals surface area (Å²) in [5.41, 5.74) is 0.995. The molecule has 1 aliphatic rings. The Kier molecular flexibility index (Phi) is 6.26. The molecule has 9 nitrogen and oxygen atoms in total. The molecule has 5 rings (SSSR count). The number of hydrogen-bond acceptors (Lipinski definition) is 8. The molecule has 11 heteroatoms. The van der Waals surface area contributed by atoms with E-state index in [0.29, 0.717) is 39.6 Å². The van der Waals surface area contributed by atoms with Crippen molar-refractivity contribution in [3.63, 3.8) is 0 Å². The fourth-order valence-electron chi connectivity index (χ4n) is 3.50. The van der Waals surface area contributed by atoms with Gasteiger partial charge in [-0.25, -0.2) is 4.39 Å². The van der Waals surface area contributed by atoms with Crippen LogP contribution in [0.15, 0.2) is 58.2 Å². The summed E-state index contributed by atoms with van der Waals surface area (Å²) in [6.07, 6.45) is 1.96. The van der Waals surface area contributed by atoms with E-state index in [2.05, 4.69) is 25.7 Å². The third-order valence-corrected chi connectivity index (χ3v) is 6.15. The first kappa shape index (κ1) is 22.1. The summed E-state index contributed by atoms with van der Waals surface area (Å²) < 4.78 is 26.8. The maximum absolute atomic E-state index is 14.3. The number of nitrogens with zero attached hydrogens (tertiary/aromatic N) is 5. The molecule has 2 aromatic carbocycles. The van der Waals surface area contributed by atoms with Gasteiger partial charge in [-0.3, -0.25) is 9.36 Å². The number of hydrogen-bond donors (Lipinski definition) is 1. The lowest BCUT2D eigenvalue weighted by atomic mass is 10.2. The molecule has 174 valence electrons. The summed E-state index contributed by atoms with van der Waals surface area (Å²) in [5, 5.41) is 15.9. The molecule has 4 aromatic rings. The van der Waals surface area contributed by atoms with E-state index in [1.54, 1.807) is 36.4 Å². The molecular weight excluding hydrogens is 459 g/mol. The second-order valence-corrected chi connectivity index (χ2v) is 8.65. The van der Waals surface area contributed by atoms with Crippen LogP contribution in [-0.4, -0.2) is 37.9 Å². The van der Waals surface area contributed by atoms with E-state index in [9.17, 15) is 9.18 Å². The quantitative estimate of drug-likeness (QED) is 0.354. The van der Waals surface area contributed by atoms with Gasteiger partial charge in [0, 0.05) is 6.04 Å². The van der Waals surface area contributed by atoms with E-state index in [0.717, 1.165) is 12.8 Å². The molecule has 1 saturated carbocycles. The summed E-state index contributed by atoms with van der Waals surface area (Å²) in [5.74, 6) is 1.46. The number of thioether (sulfide) groups is 1. The highest BCUT2D eigenvalue weighted by molar-refractivity contribution is 7.98. The maximum Gasteiger partial charge on any atom is 0.237 e. The fourth-order valence-corrected chi connectivity index (χ4v) is 4.34. The maximum atomic E-state index is 14.3. The number of anilines is 1. The number of aromatic nitrogens is 5. The van der Waals surface area contributed by atoms with Crippen LogP contribution >= 0.6 is 11.8 Å². The van der Waals surface area contributed by atoms with Crippen LogP contribution in [-0.2, 0) is 17.0 Å². The number of rotatable bonds is 9. The van der Waals surface area contributed by atoms with E-state index in [4.69, 9.17) is 9.26 Å². The standard InChI is InChI=1S/C23H21FN6O3S/c1-32-18-9-5-4-8-17(18)25-20(31)12-19-26-21(33-29-19)13-34-23-28-27-22(30(23)14-10-11-14)15-6-2-3-7-16(15)24/h2-9,14H,10-13H2,1H3,(H,25,31). The third-order valence-electron chi connectivity index (χ3n) is 5.23. The molecule has 0 radical (unpaired) electrons. The third kappa shape index (κ3) is 4.79. The van der Waals surface area contributed by atoms with Crippen molar-refractivity contribution in [2.75, 3.05) is 12.4 Å². The summed E-state index contributed by atoms with van der Waals surface area (Å²) in [6, 6.07) is 13.9. The molecule has 0 spiro atoms. The van der Waals surface area contributed by atoms with E-state index in [1.165, 1.54) is 24.9 Å². The Bertz CT molecular complexity index is 1320.